The van der Waals surface area contributed by atoms with E-state index in [2.05, 4.69) is 29.4 Å². The molecule has 2 heterocycles. The van der Waals surface area contributed by atoms with Gasteiger partial charge in [0.05, 0.1) is 6.04 Å². The van der Waals surface area contributed by atoms with Gasteiger partial charge >= 0.3 is 0 Å². The Hall–Kier alpha value is -0.610. The molecule has 1 aliphatic carbocycles. The number of nitrogens with one attached hydrogen (secondary N) is 2. The molecule has 0 aromatic rings. The van der Waals surface area contributed by atoms with Crippen molar-refractivity contribution in [3.8, 4) is 0 Å². The fraction of sp³-hybridized carbons (Fsp3) is 0.950. The van der Waals surface area contributed by atoms with E-state index in [0.717, 1.165) is 31.8 Å². The van der Waals surface area contributed by atoms with Gasteiger partial charge in [-0.3, -0.25) is 4.79 Å². The zero-order valence-corrected chi connectivity index (χ0v) is 15.8. The van der Waals surface area contributed by atoms with Crippen LogP contribution in [0.1, 0.15) is 65.2 Å². The zero-order chi connectivity index (χ0) is 17.0. The van der Waals surface area contributed by atoms with Gasteiger partial charge in [0.1, 0.15) is 0 Å². The van der Waals surface area contributed by atoms with Gasteiger partial charge in [0.15, 0.2) is 0 Å². The predicted molar refractivity (Wildman–Crippen MR) is 98.9 cm³/mol. The van der Waals surface area contributed by atoms with Crippen LogP contribution in [0.2, 0.25) is 0 Å². The maximum Gasteiger partial charge on any atom is 0.237 e. The van der Waals surface area contributed by atoms with Gasteiger partial charge in [0.2, 0.25) is 5.91 Å². The third-order valence-corrected chi connectivity index (χ3v) is 6.52. The zero-order valence-electron chi connectivity index (χ0n) is 15.8. The van der Waals surface area contributed by atoms with Crippen molar-refractivity contribution in [3.05, 3.63) is 0 Å². The standard InChI is InChI=1S/C20H37N3O/c1-20(2)9-7-16(8-10-20)14-23-12-4-5-17(15-23)13-22-19(24)18-6-3-11-21-18/h16-18,21H,3-15H2,1-2H3,(H,22,24). The van der Waals surface area contributed by atoms with Crippen LogP contribution in [-0.4, -0.2) is 49.6 Å². The molecule has 0 aromatic carbocycles. The summed E-state index contributed by atoms with van der Waals surface area (Å²) in [6.07, 6.45) is 10.3. The maximum atomic E-state index is 12.2. The minimum atomic E-state index is 0.0651. The average molecular weight is 336 g/mol. The van der Waals surface area contributed by atoms with E-state index in [1.807, 2.05) is 0 Å². The van der Waals surface area contributed by atoms with E-state index >= 15 is 0 Å². The number of piperidine rings is 1. The quantitative estimate of drug-likeness (QED) is 0.812. The second-order valence-electron chi connectivity index (χ2n) is 9.27. The maximum absolute atomic E-state index is 12.2. The second kappa shape index (κ2) is 8.18. The minimum Gasteiger partial charge on any atom is -0.354 e. The van der Waals surface area contributed by atoms with Gasteiger partial charge in [0.25, 0.3) is 0 Å². The average Bonchev–Trinajstić information content (AvgIpc) is 3.10. The van der Waals surface area contributed by atoms with Crippen molar-refractivity contribution in [2.75, 3.05) is 32.7 Å². The minimum absolute atomic E-state index is 0.0651. The molecule has 2 aliphatic heterocycles. The Balaban J connectivity index is 1.37. The Morgan fingerprint density at radius 1 is 1.12 bits per heavy atom. The molecular formula is C20H37N3O. The van der Waals surface area contributed by atoms with E-state index in [-0.39, 0.29) is 11.9 Å². The summed E-state index contributed by atoms with van der Waals surface area (Å²) in [5.41, 5.74) is 0.569. The lowest BCUT2D eigenvalue weighted by atomic mass is 9.73. The van der Waals surface area contributed by atoms with Gasteiger partial charge in [0, 0.05) is 19.6 Å². The third-order valence-electron chi connectivity index (χ3n) is 6.52. The molecule has 2 unspecified atom stereocenters. The smallest absolute Gasteiger partial charge is 0.237 e. The van der Waals surface area contributed by atoms with Crippen molar-refractivity contribution >= 4 is 5.91 Å². The molecule has 2 atom stereocenters. The summed E-state index contributed by atoms with van der Waals surface area (Å²) in [7, 11) is 0. The molecule has 3 aliphatic rings. The number of carbonyl (C=O) groups is 1. The van der Waals surface area contributed by atoms with E-state index in [0.29, 0.717) is 11.3 Å². The van der Waals surface area contributed by atoms with Gasteiger partial charge in [-0.15, -0.1) is 0 Å². The highest BCUT2D eigenvalue weighted by Crippen LogP contribution is 2.38. The molecule has 24 heavy (non-hydrogen) atoms. The van der Waals surface area contributed by atoms with Gasteiger partial charge in [-0.1, -0.05) is 13.8 Å². The highest BCUT2D eigenvalue weighted by molar-refractivity contribution is 5.81. The molecule has 3 fully saturated rings. The normalized spacial score (nSPS) is 31.9. The number of nitrogens with zero attached hydrogens (tertiary/aromatic N) is 1. The number of amides is 1. The topological polar surface area (TPSA) is 44.4 Å². The largest absolute Gasteiger partial charge is 0.354 e. The summed E-state index contributed by atoms with van der Waals surface area (Å²) in [5, 5.41) is 6.49. The van der Waals surface area contributed by atoms with Crippen LogP contribution in [0.5, 0.6) is 0 Å². The molecule has 1 saturated carbocycles. The molecule has 3 rings (SSSR count). The Kier molecular flexibility index (Phi) is 6.20. The molecule has 2 N–H and O–H groups in total. The van der Waals surface area contributed by atoms with Crippen LogP contribution in [0.3, 0.4) is 0 Å². The van der Waals surface area contributed by atoms with Crippen LogP contribution >= 0.6 is 0 Å². The first-order valence-corrected chi connectivity index (χ1v) is 10.3. The summed E-state index contributed by atoms with van der Waals surface area (Å²) in [6, 6.07) is 0.0651. The first-order valence-electron chi connectivity index (χ1n) is 10.3. The van der Waals surface area contributed by atoms with Gasteiger partial charge < -0.3 is 15.5 Å². The molecule has 138 valence electrons. The van der Waals surface area contributed by atoms with Crippen LogP contribution in [0.4, 0.5) is 0 Å². The molecule has 4 heteroatoms. The molecule has 4 nitrogen and oxygen atoms in total. The molecule has 0 bridgehead atoms. The lowest BCUT2D eigenvalue weighted by Crippen LogP contribution is -2.46. The fourth-order valence-electron chi connectivity index (χ4n) is 4.77. The van der Waals surface area contributed by atoms with Gasteiger partial charge in [-0.25, -0.2) is 0 Å². The number of carbonyl (C=O) groups excluding carboxylic acids is 1. The summed E-state index contributed by atoms with van der Waals surface area (Å²) < 4.78 is 0. The second-order valence-corrected chi connectivity index (χ2v) is 9.27. The van der Waals surface area contributed by atoms with Crippen molar-refractivity contribution < 1.29 is 4.79 Å². The van der Waals surface area contributed by atoms with Crippen molar-refractivity contribution in [2.45, 2.75) is 71.3 Å². The van der Waals surface area contributed by atoms with E-state index in [1.54, 1.807) is 0 Å². The number of likely N-dealkylation sites (tertiary alicyclic amines) is 1. The number of rotatable bonds is 5. The van der Waals surface area contributed by atoms with Crippen molar-refractivity contribution in [1.29, 1.82) is 0 Å². The van der Waals surface area contributed by atoms with Crippen LogP contribution < -0.4 is 10.6 Å². The predicted octanol–water partition coefficient (Wildman–Crippen LogP) is 2.78. The first kappa shape index (κ1) is 18.2. The van der Waals surface area contributed by atoms with Crippen LogP contribution in [0.25, 0.3) is 0 Å². The lowest BCUT2D eigenvalue weighted by Gasteiger charge is -2.39. The molecule has 0 radical (unpaired) electrons. The Labute approximate surface area is 148 Å². The van der Waals surface area contributed by atoms with Crippen LogP contribution in [0.15, 0.2) is 0 Å². The van der Waals surface area contributed by atoms with E-state index < -0.39 is 0 Å². The molecule has 0 spiro atoms. The van der Waals surface area contributed by atoms with Crippen LogP contribution in [0, 0.1) is 17.3 Å². The lowest BCUT2D eigenvalue weighted by molar-refractivity contribution is -0.123. The highest BCUT2D eigenvalue weighted by atomic mass is 16.2. The third kappa shape index (κ3) is 5.19. The first-order chi connectivity index (χ1) is 11.5. The molecule has 2 saturated heterocycles. The molecular weight excluding hydrogens is 298 g/mol. The van der Waals surface area contributed by atoms with Gasteiger partial charge in [-0.05, 0) is 81.7 Å². The van der Waals surface area contributed by atoms with Crippen molar-refractivity contribution in [2.24, 2.45) is 17.3 Å². The van der Waals surface area contributed by atoms with Crippen LogP contribution in [-0.2, 0) is 4.79 Å². The van der Waals surface area contributed by atoms with Crippen molar-refractivity contribution in [3.63, 3.8) is 0 Å². The summed E-state index contributed by atoms with van der Waals surface area (Å²) >= 11 is 0. The monoisotopic (exact) mass is 335 g/mol. The fourth-order valence-corrected chi connectivity index (χ4v) is 4.77. The molecule has 0 aromatic heterocycles. The number of hydrogen-bond acceptors (Lipinski definition) is 3. The summed E-state index contributed by atoms with van der Waals surface area (Å²) in [6.45, 7) is 10.4. The van der Waals surface area contributed by atoms with Crippen molar-refractivity contribution in [1.82, 2.24) is 15.5 Å². The Morgan fingerprint density at radius 3 is 2.62 bits per heavy atom. The van der Waals surface area contributed by atoms with E-state index in [1.165, 1.54) is 58.2 Å². The van der Waals surface area contributed by atoms with E-state index in [4.69, 9.17) is 0 Å². The Morgan fingerprint density at radius 2 is 1.92 bits per heavy atom. The SMILES string of the molecule is CC1(C)CCC(CN2CCCC(CNC(=O)C3CCCN3)C2)CC1. The summed E-state index contributed by atoms with van der Waals surface area (Å²) in [5.74, 6) is 1.76. The molecule has 1 amide bonds. The van der Waals surface area contributed by atoms with E-state index in [9.17, 15) is 4.79 Å². The van der Waals surface area contributed by atoms with Gasteiger partial charge in [-0.2, -0.15) is 0 Å². The highest BCUT2D eigenvalue weighted by Gasteiger charge is 2.29. The number of hydrogen-bond donors (Lipinski definition) is 2. The summed E-state index contributed by atoms with van der Waals surface area (Å²) in [4.78, 5) is 14.8. The Bertz CT molecular complexity index is 407.